The van der Waals surface area contributed by atoms with Gasteiger partial charge in [0.15, 0.2) is 12.4 Å². The highest BCUT2D eigenvalue weighted by atomic mass is 16.6. The SMILES string of the molecule is Cc1ccc([N+](=O)[O-])c(OCC(=O)NC(=O)NC(C)(C)C)c1. The molecule has 0 heterocycles. The third-order valence-electron chi connectivity index (χ3n) is 2.41. The first-order valence-corrected chi connectivity index (χ1v) is 6.58. The number of carbonyl (C=O) groups excluding carboxylic acids is 2. The maximum Gasteiger partial charge on any atom is 0.321 e. The number of ether oxygens (including phenoxy) is 1. The van der Waals surface area contributed by atoms with Crippen LogP contribution in [-0.4, -0.2) is 29.0 Å². The van der Waals surface area contributed by atoms with Crippen LogP contribution in [0, 0.1) is 17.0 Å². The van der Waals surface area contributed by atoms with Crippen molar-refractivity contribution in [1.82, 2.24) is 10.6 Å². The van der Waals surface area contributed by atoms with E-state index in [0.717, 1.165) is 5.56 Å². The molecular formula is C14H19N3O5. The molecule has 0 saturated carbocycles. The molecule has 0 fully saturated rings. The van der Waals surface area contributed by atoms with Gasteiger partial charge < -0.3 is 10.1 Å². The van der Waals surface area contributed by atoms with Crippen molar-refractivity contribution in [2.75, 3.05) is 6.61 Å². The Kier molecular flexibility index (Phi) is 5.44. The second-order valence-electron chi connectivity index (χ2n) is 5.77. The highest BCUT2D eigenvalue weighted by Gasteiger charge is 2.18. The summed E-state index contributed by atoms with van der Waals surface area (Å²) in [6, 6.07) is 3.68. The fraction of sp³-hybridized carbons (Fsp3) is 0.429. The number of rotatable bonds is 4. The minimum Gasteiger partial charge on any atom is -0.477 e. The molecule has 2 N–H and O–H groups in total. The highest BCUT2D eigenvalue weighted by Crippen LogP contribution is 2.27. The van der Waals surface area contributed by atoms with Crippen molar-refractivity contribution in [3.63, 3.8) is 0 Å². The van der Waals surface area contributed by atoms with Crippen LogP contribution in [0.2, 0.25) is 0 Å². The Hall–Kier alpha value is -2.64. The zero-order valence-electron chi connectivity index (χ0n) is 12.9. The number of urea groups is 1. The van der Waals surface area contributed by atoms with Gasteiger partial charge in [0.25, 0.3) is 5.91 Å². The lowest BCUT2D eigenvalue weighted by Gasteiger charge is -2.20. The van der Waals surface area contributed by atoms with Gasteiger partial charge >= 0.3 is 11.7 Å². The molecule has 0 atom stereocenters. The maximum atomic E-state index is 11.6. The summed E-state index contributed by atoms with van der Waals surface area (Å²) in [5.41, 5.74) is 0.0321. The lowest BCUT2D eigenvalue weighted by Crippen LogP contribution is -2.49. The van der Waals surface area contributed by atoms with Crippen LogP contribution >= 0.6 is 0 Å². The molecule has 0 saturated heterocycles. The molecule has 120 valence electrons. The summed E-state index contributed by atoms with van der Waals surface area (Å²) in [6.07, 6.45) is 0. The molecule has 0 aliphatic carbocycles. The summed E-state index contributed by atoms with van der Waals surface area (Å²) in [7, 11) is 0. The Morgan fingerprint density at radius 3 is 2.50 bits per heavy atom. The number of carbonyl (C=O) groups is 2. The Bertz CT molecular complexity index is 593. The van der Waals surface area contributed by atoms with E-state index in [1.807, 2.05) is 0 Å². The standard InChI is InChI=1S/C14H19N3O5/c1-9-5-6-10(17(20)21)11(7-9)22-8-12(18)15-13(19)16-14(2,3)4/h5-7H,8H2,1-4H3,(H2,15,16,18,19). The summed E-state index contributed by atoms with van der Waals surface area (Å²) in [5.74, 6) is -0.714. The quantitative estimate of drug-likeness (QED) is 0.652. The third-order valence-corrected chi connectivity index (χ3v) is 2.41. The van der Waals surface area contributed by atoms with E-state index in [4.69, 9.17) is 4.74 Å². The van der Waals surface area contributed by atoms with Crippen molar-refractivity contribution < 1.29 is 19.2 Å². The number of benzene rings is 1. The van der Waals surface area contributed by atoms with Gasteiger partial charge in [0.05, 0.1) is 4.92 Å². The second-order valence-corrected chi connectivity index (χ2v) is 5.77. The molecule has 22 heavy (non-hydrogen) atoms. The van der Waals surface area contributed by atoms with Crippen LogP contribution in [0.15, 0.2) is 18.2 Å². The van der Waals surface area contributed by atoms with E-state index in [1.54, 1.807) is 33.8 Å². The van der Waals surface area contributed by atoms with Crippen molar-refractivity contribution in [3.8, 4) is 5.75 Å². The number of nitro groups is 1. The van der Waals surface area contributed by atoms with E-state index in [-0.39, 0.29) is 11.4 Å². The minimum atomic E-state index is -0.697. The first-order valence-electron chi connectivity index (χ1n) is 6.58. The van der Waals surface area contributed by atoms with Gasteiger partial charge in [-0.25, -0.2) is 4.79 Å². The molecule has 8 nitrogen and oxygen atoms in total. The van der Waals surface area contributed by atoms with E-state index >= 15 is 0 Å². The number of nitrogens with zero attached hydrogens (tertiary/aromatic N) is 1. The van der Waals surface area contributed by atoms with Gasteiger partial charge in [0.2, 0.25) is 0 Å². The lowest BCUT2D eigenvalue weighted by atomic mass is 10.1. The van der Waals surface area contributed by atoms with Gasteiger partial charge in [-0.15, -0.1) is 0 Å². The summed E-state index contributed by atoms with van der Waals surface area (Å²) < 4.78 is 5.14. The van der Waals surface area contributed by atoms with Crippen LogP contribution in [0.25, 0.3) is 0 Å². The predicted molar refractivity (Wildman–Crippen MR) is 79.8 cm³/mol. The normalized spacial score (nSPS) is 10.7. The number of amides is 3. The Morgan fingerprint density at radius 2 is 1.95 bits per heavy atom. The molecule has 0 radical (unpaired) electrons. The fourth-order valence-corrected chi connectivity index (χ4v) is 1.57. The van der Waals surface area contributed by atoms with E-state index in [9.17, 15) is 19.7 Å². The monoisotopic (exact) mass is 309 g/mol. The topological polar surface area (TPSA) is 111 Å². The number of nitro benzene ring substituents is 1. The molecule has 1 aromatic rings. The molecule has 0 aliphatic rings. The van der Waals surface area contributed by atoms with Gasteiger partial charge in [-0.1, -0.05) is 6.07 Å². The van der Waals surface area contributed by atoms with Gasteiger partial charge in [-0.05, 0) is 39.3 Å². The minimum absolute atomic E-state index is 0.0172. The first-order chi connectivity index (χ1) is 10.1. The maximum absolute atomic E-state index is 11.6. The van der Waals surface area contributed by atoms with Gasteiger partial charge in [0, 0.05) is 11.6 Å². The van der Waals surface area contributed by atoms with Gasteiger partial charge in [0.1, 0.15) is 0 Å². The smallest absolute Gasteiger partial charge is 0.321 e. The largest absolute Gasteiger partial charge is 0.477 e. The van der Waals surface area contributed by atoms with Crippen LogP contribution in [0.1, 0.15) is 26.3 Å². The first kappa shape index (κ1) is 17.4. The third kappa shape index (κ3) is 5.78. The number of hydrogen-bond acceptors (Lipinski definition) is 5. The lowest BCUT2D eigenvalue weighted by molar-refractivity contribution is -0.385. The van der Waals surface area contributed by atoms with Crippen molar-refractivity contribution in [2.45, 2.75) is 33.2 Å². The van der Waals surface area contributed by atoms with Crippen LogP contribution in [-0.2, 0) is 4.79 Å². The van der Waals surface area contributed by atoms with Crippen molar-refractivity contribution >= 4 is 17.6 Å². The molecule has 0 unspecified atom stereocenters. The summed E-state index contributed by atoms with van der Waals surface area (Å²) >= 11 is 0. The zero-order valence-corrected chi connectivity index (χ0v) is 12.9. The zero-order chi connectivity index (χ0) is 16.9. The van der Waals surface area contributed by atoms with E-state index in [0.29, 0.717) is 0 Å². The second kappa shape index (κ2) is 6.88. The molecular weight excluding hydrogens is 290 g/mol. The molecule has 1 rings (SSSR count). The molecule has 8 heteroatoms. The summed E-state index contributed by atoms with van der Waals surface area (Å²) in [6.45, 7) is 6.55. The molecule has 3 amide bonds. The van der Waals surface area contributed by atoms with Crippen LogP contribution < -0.4 is 15.4 Å². The summed E-state index contributed by atoms with van der Waals surface area (Å²) in [5, 5.41) is 15.5. The molecule has 0 spiro atoms. The molecule has 0 aromatic heterocycles. The van der Waals surface area contributed by atoms with Gasteiger partial charge in [-0.3, -0.25) is 20.2 Å². The van der Waals surface area contributed by atoms with E-state index in [1.165, 1.54) is 12.1 Å². The summed E-state index contributed by atoms with van der Waals surface area (Å²) in [4.78, 5) is 33.4. The number of imide groups is 1. The van der Waals surface area contributed by atoms with Gasteiger partial charge in [-0.2, -0.15) is 0 Å². The molecule has 0 bridgehead atoms. The molecule has 0 aliphatic heterocycles. The van der Waals surface area contributed by atoms with Crippen LogP contribution in [0.4, 0.5) is 10.5 Å². The van der Waals surface area contributed by atoms with Crippen LogP contribution in [0.5, 0.6) is 5.75 Å². The van der Waals surface area contributed by atoms with Crippen molar-refractivity contribution in [2.24, 2.45) is 0 Å². The van der Waals surface area contributed by atoms with Crippen molar-refractivity contribution in [3.05, 3.63) is 33.9 Å². The fourth-order valence-electron chi connectivity index (χ4n) is 1.57. The Labute approximate surface area is 128 Å². The van der Waals surface area contributed by atoms with Crippen molar-refractivity contribution in [1.29, 1.82) is 0 Å². The number of aryl methyl sites for hydroxylation is 1. The van der Waals surface area contributed by atoms with Crippen LogP contribution in [0.3, 0.4) is 0 Å². The highest BCUT2D eigenvalue weighted by molar-refractivity contribution is 5.95. The Balaban J connectivity index is 2.63. The number of hydrogen-bond donors (Lipinski definition) is 2. The molecule has 1 aromatic carbocycles. The average molecular weight is 309 g/mol. The number of nitrogens with one attached hydrogen (secondary N) is 2. The van der Waals surface area contributed by atoms with E-state index in [2.05, 4.69) is 10.6 Å². The Morgan fingerprint density at radius 1 is 1.32 bits per heavy atom. The van der Waals surface area contributed by atoms with E-state index < -0.39 is 29.0 Å². The average Bonchev–Trinajstić information content (AvgIpc) is 2.33. The predicted octanol–water partition coefficient (Wildman–Crippen LogP) is 1.91.